The fourth-order valence-electron chi connectivity index (χ4n) is 2.88. The van der Waals surface area contributed by atoms with Gasteiger partial charge in [-0.15, -0.1) is 0 Å². The summed E-state index contributed by atoms with van der Waals surface area (Å²) in [6, 6.07) is 17.4. The second kappa shape index (κ2) is 8.62. The van der Waals surface area contributed by atoms with E-state index in [4.69, 9.17) is 12.2 Å². The van der Waals surface area contributed by atoms with Gasteiger partial charge in [0.2, 0.25) is 5.70 Å². The predicted molar refractivity (Wildman–Crippen MR) is 115 cm³/mol. The molecule has 0 fully saturated rings. The molecule has 0 saturated heterocycles. The summed E-state index contributed by atoms with van der Waals surface area (Å²) < 4.78 is 1.61. The molecule has 2 aromatic carbocycles. The van der Waals surface area contributed by atoms with Crippen molar-refractivity contribution in [2.24, 2.45) is 0 Å². The molecular weight excluding hydrogens is 386 g/mol. The normalized spacial score (nSPS) is 11.5. The average Bonchev–Trinajstić information content (AvgIpc) is 2.69. The Balaban J connectivity index is 2.11. The van der Waals surface area contributed by atoms with Gasteiger partial charge in [-0.1, -0.05) is 42.5 Å². The molecule has 0 radical (unpaired) electrons. The van der Waals surface area contributed by atoms with Gasteiger partial charge in [0.05, 0.1) is 4.92 Å². The second-order valence-corrected chi connectivity index (χ2v) is 6.95. The van der Waals surface area contributed by atoms with Crippen molar-refractivity contribution in [2.75, 3.05) is 5.32 Å². The van der Waals surface area contributed by atoms with Crippen LogP contribution in [0.2, 0.25) is 0 Å². The standard InChI is InChI=1S/C22H19N3O3S/c1-15-7-6-8-18(13-15)23-22(29)20(24-11-4-3-5-12-24)21(26)17-10-9-16(2)19(14-17)25(27)28/h3-14H,1-2H3,(H-,23,26,29). The van der Waals surface area contributed by atoms with Gasteiger partial charge >= 0.3 is 0 Å². The van der Waals surface area contributed by atoms with Crippen LogP contribution in [0.5, 0.6) is 0 Å². The van der Waals surface area contributed by atoms with Crippen molar-refractivity contribution in [3.05, 3.63) is 99.9 Å². The first-order valence-corrected chi connectivity index (χ1v) is 9.29. The molecule has 1 aromatic heterocycles. The summed E-state index contributed by atoms with van der Waals surface area (Å²) in [4.78, 5) is 11.0. The molecule has 3 aromatic rings. The van der Waals surface area contributed by atoms with Gasteiger partial charge in [-0.25, -0.2) is 0 Å². The minimum atomic E-state index is -0.495. The Morgan fingerprint density at radius 2 is 1.76 bits per heavy atom. The molecule has 1 heterocycles. The topological polar surface area (TPSA) is 82.1 Å². The van der Waals surface area contributed by atoms with Crippen LogP contribution in [0, 0.1) is 24.0 Å². The number of nitro groups is 1. The lowest BCUT2D eigenvalue weighted by Gasteiger charge is -2.17. The Bertz CT molecular complexity index is 1110. The van der Waals surface area contributed by atoms with Crippen LogP contribution in [-0.2, 0) is 0 Å². The van der Waals surface area contributed by atoms with E-state index >= 15 is 0 Å². The Morgan fingerprint density at radius 1 is 1.03 bits per heavy atom. The van der Waals surface area contributed by atoms with Gasteiger partial charge in [0.1, 0.15) is 0 Å². The first kappa shape index (κ1) is 20.2. The van der Waals surface area contributed by atoms with Crippen LogP contribution >= 0.6 is 12.2 Å². The van der Waals surface area contributed by atoms with Crippen LogP contribution in [-0.4, -0.2) is 9.91 Å². The zero-order chi connectivity index (χ0) is 21.0. The lowest BCUT2D eigenvalue weighted by Crippen LogP contribution is -2.39. The summed E-state index contributed by atoms with van der Waals surface area (Å²) in [5, 5.41) is 27.7. The molecule has 0 aliphatic rings. The first-order valence-electron chi connectivity index (χ1n) is 8.88. The van der Waals surface area contributed by atoms with Gasteiger partial charge in [-0.05, 0) is 42.9 Å². The third-order valence-corrected chi connectivity index (χ3v) is 4.64. The van der Waals surface area contributed by atoms with Crippen molar-refractivity contribution in [3.63, 3.8) is 0 Å². The van der Waals surface area contributed by atoms with Crippen molar-refractivity contribution in [3.8, 4) is 0 Å². The Labute approximate surface area is 173 Å². The lowest BCUT2D eigenvalue weighted by molar-refractivity contribution is -0.577. The summed E-state index contributed by atoms with van der Waals surface area (Å²) in [6.45, 7) is 3.59. The highest BCUT2D eigenvalue weighted by Gasteiger charge is 2.20. The maximum absolute atomic E-state index is 13.3. The van der Waals surface area contributed by atoms with Crippen LogP contribution in [0.1, 0.15) is 16.7 Å². The van der Waals surface area contributed by atoms with E-state index in [0.717, 1.165) is 11.3 Å². The van der Waals surface area contributed by atoms with Crippen molar-refractivity contribution >= 4 is 40.0 Å². The zero-order valence-corrected chi connectivity index (χ0v) is 16.8. The number of pyridine rings is 1. The zero-order valence-electron chi connectivity index (χ0n) is 16.0. The molecule has 6 nitrogen and oxygen atoms in total. The maximum atomic E-state index is 13.3. The van der Waals surface area contributed by atoms with Crippen LogP contribution in [0.15, 0.2) is 73.1 Å². The highest BCUT2D eigenvalue weighted by molar-refractivity contribution is 7.81. The fraction of sp³-hybridized carbons (Fsp3) is 0.0909. The minimum Gasteiger partial charge on any atom is -0.867 e. The van der Waals surface area contributed by atoms with Crippen molar-refractivity contribution in [1.82, 2.24) is 0 Å². The number of aryl methyl sites for hydroxylation is 2. The molecule has 1 N–H and O–H groups in total. The summed E-state index contributed by atoms with van der Waals surface area (Å²) in [5.74, 6) is -0.408. The van der Waals surface area contributed by atoms with Gasteiger partial charge in [-0.3, -0.25) is 10.1 Å². The quantitative estimate of drug-likeness (QED) is 0.175. The maximum Gasteiger partial charge on any atom is 0.272 e. The summed E-state index contributed by atoms with van der Waals surface area (Å²) >= 11 is 5.55. The Morgan fingerprint density at radius 3 is 2.41 bits per heavy atom. The van der Waals surface area contributed by atoms with Crippen LogP contribution in [0.25, 0.3) is 11.5 Å². The molecule has 3 rings (SSSR count). The SMILES string of the molecule is Cc1cccc(NC(=S)C(=C([O-])c2ccc(C)c([N+](=O)[O-])c2)[n+]2ccccc2)c1. The molecule has 0 unspecified atom stereocenters. The molecule has 0 atom stereocenters. The van der Waals surface area contributed by atoms with E-state index in [2.05, 4.69) is 5.32 Å². The average molecular weight is 405 g/mol. The Hall–Kier alpha value is -3.58. The summed E-state index contributed by atoms with van der Waals surface area (Å²) in [7, 11) is 0. The van der Waals surface area contributed by atoms with E-state index in [1.165, 1.54) is 6.07 Å². The van der Waals surface area contributed by atoms with Gasteiger partial charge in [0, 0.05) is 29.4 Å². The highest BCUT2D eigenvalue weighted by Crippen LogP contribution is 2.24. The number of hydrogen-bond donors (Lipinski definition) is 1. The molecule has 0 spiro atoms. The number of anilines is 1. The number of nitrogens with one attached hydrogen (secondary N) is 1. The number of nitrogens with zero attached hydrogens (tertiary/aromatic N) is 2. The Kier molecular flexibility index (Phi) is 5.99. The fourth-order valence-corrected chi connectivity index (χ4v) is 3.20. The van der Waals surface area contributed by atoms with E-state index in [9.17, 15) is 15.2 Å². The first-order chi connectivity index (χ1) is 13.9. The third kappa shape index (κ3) is 4.64. The number of rotatable bonds is 5. The van der Waals surface area contributed by atoms with Crippen molar-refractivity contribution in [1.29, 1.82) is 0 Å². The van der Waals surface area contributed by atoms with E-state index in [1.807, 2.05) is 37.3 Å². The molecule has 0 aliphatic carbocycles. The van der Waals surface area contributed by atoms with Gasteiger partial charge in [0.15, 0.2) is 17.4 Å². The monoisotopic (exact) mass is 405 g/mol. The molecular formula is C22H19N3O3S. The number of hydrogen-bond acceptors (Lipinski definition) is 4. The van der Waals surface area contributed by atoms with Gasteiger partial charge in [-0.2, -0.15) is 4.57 Å². The van der Waals surface area contributed by atoms with Crippen LogP contribution in [0.3, 0.4) is 0 Å². The van der Waals surface area contributed by atoms with Gasteiger partial charge in [0.25, 0.3) is 5.69 Å². The van der Waals surface area contributed by atoms with E-state index < -0.39 is 10.7 Å². The number of thiocarbonyl (C=S) groups is 1. The number of benzene rings is 2. The number of nitro benzene ring substituents is 1. The van der Waals surface area contributed by atoms with Crippen molar-refractivity contribution in [2.45, 2.75) is 13.8 Å². The molecule has 7 heteroatoms. The highest BCUT2D eigenvalue weighted by atomic mass is 32.1. The number of aromatic nitrogens is 1. The molecule has 0 bridgehead atoms. The second-order valence-electron chi connectivity index (χ2n) is 6.54. The van der Waals surface area contributed by atoms with Crippen molar-refractivity contribution < 1.29 is 14.6 Å². The molecule has 0 amide bonds. The summed E-state index contributed by atoms with van der Waals surface area (Å²) in [5.41, 5.74) is 2.59. The van der Waals surface area contributed by atoms with E-state index in [1.54, 1.807) is 48.1 Å². The smallest absolute Gasteiger partial charge is 0.272 e. The van der Waals surface area contributed by atoms with E-state index in [0.29, 0.717) is 5.56 Å². The largest absolute Gasteiger partial charge is 0.867 e. The molecule has 146 valence electrons. The van der Waals surface area contributed by atoms with E-state index in [-0.39, 0.29) is 21.9 Å². The summed E-state index contributed by atoms with van der Waals surface area (Å²) in [6.07, 6.45) is 3.42. The minimum absolute atomic E-state index is 0.106. The molecule has 29 heavy (non-hydrogen) atoms. The lowest BCUT2D eigenvalue weighted by atomic mass is 10.1. The third-order valence-electron chi connectivity index (χ3n) is 4.35. The molecule has 0 saturated carbocycles. The van der Waals surface area contributed by atoms with Crippen LogP contribution < -0.4 is 15.0 Å². The predicted octanol–water partition coefficient (Wildman–Crippen LogP) is 3.62. The van der Waals surface area contributed by atoms with Gasteiger partial charge < -0.3 is 10.4 Å². The molecule has 0 aliphatic heterocycles. The van der Waals surface area contributed by atoms with Crippen LogP contribution in [0.4, 0.5) is 11.4 Å².